The minimum absolute atomic E-state index is 0.255. The number of hydrogen-bond acceptors (Lipinski definition) is 8. The molecule has 0 amide bonds. The fraction of sp³-hybridized carbons (Fsp3) is 0.593. The van der Waals surface area contributed by atoms with Gasteiger partial charge in [-0.05, 0) is 55.7 Å². The molecule has 0 aromatic heterocycles. The van der Waals surface area contributed by atoms with Crippen molar-refractivity contribution in [1.29, 1.82) is 0 Å². The number of alkyl halides is 1. The van der Waals surface area contributed by atoms with Crippen molar-refractivity contribution in [1.82, 2.24) is 0 Å². The third kappa shape index (κ3) is 3.07. The van der Waals surface area contributed by atoms with E-state index in [0.717, 1.165) is 4.47 Å². The van der Waals surface area contributed by atoms with Gasteiger partial charge in [0.25, 0.3) is 0 Å². The maximum Gasteiger partial charge on any atom is 0.315 e. The molecule has 6 rings (SSSR count). The number of fused-ring (bicyclic) bond motifs is 1. The van der Waals surface area contributed by atoms with E-state index < -0.39 is 68.5 Å². The van der Waals surface area contributed by atoms with E-state index in [4.69, 9.17) is 9.47 Å². The van der Waals surface area contributed by atoms with E-state index in [-0.39, 0.29) is 18.1 Å². The topological polar surface area (TPSA) is 130 Å². The molecule has 1 aromatic rings. The van der Waals surface area contributed by atoms with Crippen LogP contribution in [0.2, 0.25) is 0 Å². The summed E-state index contributed by atoms with van der Waals surface area (Å²) >= 11 is 5.37. The molecule has 10 heteroatoms. The van der Waals surface area contributed by atoms with E-state index in [9.17, 15) is 29.7 Å². The van der Waals surface area contributed by atoms with Gasteiger partial charge in [0.1, 0.15) is 11.0 Å². The van der Waals surface area contributed by atoms with Gasteiger partial charge in [-0.2, -0.15) is 0 Å². The first-order valence-corrected chi connectivity index (χ1v) is 14.5. The van der Waals surface area contributed by atoms with Crippen molar-refractivity contribution in [3.63, 3.8) is 0 Å². The number of carbonyl (C=O) groups is 3. The zero-order valence-corrected chi connectivity index (χ0v) is 23.9. The molecule has 5 fully saturated rings. The van der Waals surface area contributed by atoms with Crippen LogP contribution in [-0.2, 0) is 19.1 Å². The molecule has 1 aliphatic heterocycles. The Bertz CT molecular complexity index is 1240. The number of carbonyl (C=O) groups excluding carboxylic acids is 3. The lowest BCUT2D eigenvalue weighted by Gasteiger charge is -2.50. The van der Waals surface area contributed by atoms with Gasteiger partial charge in [-0.15, -0.1) is 0 Å². The van der Waals surface area contributed by atoms with Crippen LogP contribution >= 0.6 is 38.5 Å². The summed E-state index contributed by atoms with van der Waals surface area (Å²) in [5, 5.41) is 33.6. The fourth-order valence-corrected chi connectivity index (χ4v) is 10.2. The lowest BCUT2D eigenvalue weighted by Crippen LogP contribution is -2.65. The highest BCUT2D eigenvalue weighted by molar-refractivity contribution is 14.1. The highest BCUT2D eigenvalue weighted by atomic mass is 127. The van der Waals surface area contributed by atoms with Gasteiger partial charge in [-0.3, -0.25) is 14.4 Å². The second-order valence-corrected chi connectivity index (χ2v) is 13.9. The maximum absolute atomic E-state index is 14.0. The molecule has 0 unspecified atom stereocenters. The number of aliphatic hydroxyl groups is 3. The molecule has 4 aliphatic carbocycles. The number of ketones is 1. The summed E-state index contributed by atoms with van der Waals surface area (Å²) < 4.78 is 12.0. The zero-order chi connectivity index (χ0) is 26.7. The number of rotatable bonds is 4. The molecule has 1 saturated heterocycles. The Labute approximate surface area is 236 Å². The van der Waals surface area contributed by atoms with Crippen LogP contribution in [0, 0.1) is 28.6 Å². The molecule has 1 heterocycles. The number of ether oxygens (including phenoxy) is 2. The average Bonchev–Trinajstić information content (AvgIpc) is 3.31. The van der Waals surface area contributed by atoms with Crippen molar-refractivity contribution in [2.75, 3.05) is 6.61 Å². The van der Waals surface area contributed by atoms with E-state index in [2.05, 4.69) is 22.5 Å². The monoisotopic (exact) mass is 686 g/mol. The Kier molecular flexibility index (Phi) is 5.67. The minimum atomic E-state index is -1.55. The number of halogens is 2. The SMILES string of the molecule is C=C1C[C@]23C[C@@]1(O)CC[C@H]2[C@@]12OC(=O)[C@@](C)([C@H]1[C@@H]3C(=O)OCC(=O)c1ccc(Br)cc1)[C@@H](O)[C@@H](O)[C@H]2I. The van der Waals surface area contributed by atoms with Crippen molar-refractivity contribution < 1.29 is 39.2 Å². The van der Waals surface area contributed by atoms with Gasteiger partial charge >= 0.3 is 11.9 Å². The number of benzene rings is 1. The van der Waals surface area contributed by atoms with Crippen LogP contribution in [0.5, 0.6) is 0 Å². The quantitative estimate of drug-likeness (QED) is 0.145. The Balaban J connectivity index is 1.42. The molecule has 4 bridgehead atoms. The molecular weight excluding hydrogens is 659 g/mol. The molecule has 8 nitrogen and oxygen atoms in total. The maximum atomic E-state index is 14.0. The van der Waals surface area contributed by atoms with Gasteiger partial charge in [0.15, 0.2) is 12.4 Å². The van der Waals surface area contributed by atoms with Crippen LogP contribution in [0.25, 0.3) is 0 Å². The van der Waals surface area contributed by atoms with Crippen molar-refractivity contribution in [2.45, 2.75) is 59.9 Å². The molecule has 1 spiro atoms. The Hall–Kier alpha value is -1.34. The number of Topliss-reactive ketones (excluding diaryl/α,β-unsaturated/α-hetero) is 1. The lowest BCUT2D eigenvalue weighted by atomic mass is 9.58. The first-order valence-electron chi connectivity index (χ1n) is 12.4. The molecule has 1 aromatic carbocycles. The molecule has 0 radical (unpaired) electrons. The van der Waals surface area contributed by atoms with E-state index in [1.54, 1.807) is 31.2 Å². The summed E-state index contributed by atoms with van der Waals surface area (Å²) in [6.07, 6.45) is -1.19. The average molecular weight is 687 g/mol. The van der Waals surface area contributed by atoms with Gasteiger partial charge in [-0.25, -0.2) is 0 Å². The third-order valence-corrected chi connectivity index (χ3v) is 12.4. The Morgan fingerprint density at radius 1 is 1.27 bits per heavy atom. The Morgan fingerprint density at radius 2 is 1.95 bits per heavy atom. The van der Waals surface area contributed by atoms with Crippen LogP contribution in [-0.4, -0.2) is 67.0 Å². The van der Waals surface area contributed by atoms with Gasteiger partial charge in [0.05, 0.1) is 27.7 Å². The normalized spacial score (nSPS) is 47.3. The standard InChI is InChI=1S/C27H28BrIO8/c1-12-9-25-11-26(12,35)8-7-16(25)27-19(24(2,23(34)37-27)21(32)18(31)20(27)29)17(25)22(33)36-10-15(30)13-3-5-14(28)6-4-13/h3-6,16-21,31-32,35H,1,7-11H2,2H3/t16-,17-,18+,19-,20-,21+,24+,25+,26+,27-/m1/s1. The van der Waals surface area contributed by atoms with Crippen molar-refractivity contribution >= 4 is 56.2 Å². The second kappa shape index (κ2) is 8.09. The smallest absolute Gasteiger partial charge is 0.315 e. The third-order valence-electron chi connectivity index (χ3n) is 10.1. The van der Waals surface area contributed by atoms with Gasteiger partial charge in [-0.1, -0.05) is 57.2 Å². The van der Waals surface area contributed by atoms with E-state index in [0.29, 0.717) is 30.4 Å². The van der Waals surface area contributed by atoms with Crippen LogP contribution in [0.1, 0.15) is 43.0 Å². The summed E-state index contributed by atoms with van der Waals surface area (Å²) in [4.78, 5) is 40.2. The van der Waals surface area contributed by atoms with Gasteiger partial charge < -0.3 is 24.8 Å². The summed E-state index contributed by atoms with van der Waals surface area (Å²) in [5.41, 5.74) is -3.71. The van der Waals surface area contributed by atoms with Crippen LogP contribution in [0.4, 0.5) is 0 Å². The zero-order valence-electron chi connectivity index (χ0n) is 20.2. The van der Waals surface area contributed by atoms with Gasteiger partial charge in [0.2, 0.25) is 0 Å². The first kappa shape index (κ1) is 25.9. The number of aliphatic hydroxyl groups excluding tert-OH is 2. The van der Waals surface area contributed by atoms with Crippen LogP contribution in [0.3, 0.4) is 0 Å². The molecule has 198 valence electrons. The van der Waals surface area contributed by atoms with Crippen molar-refractivity contribution in [3.05, 3.63) is 46.5 Å². The largest absolute Gasteiger partial charge is 0.457 e. The highest BCUT2D eigenvalue weighted by Crippen LogP contribution is 2.79. The summed E-state index contributed by atoms with van der Waals surface area (Å²) in [6.45, 7) is 5.20. The van der Waals surface area contributed by atoms with Crippen molar-refractivity contribution in [2.24, 2.45) is 28.6 Å². The summed E-state index contributed by atoms with van der Waals surface area (Å²) in [5.74, 6) is -3.74. The van der Waals surface area contributed by atoms with E-state index >= 15 is 0 Å². The molecule has 10 atom stereocenters. The molecular formula is C27H28BrIO8. The molecule has 3 N–H and O–H groups in total. The predicted octanol–water partition coefficient (Wildman–Crippen LogP) is 2.74. The van der Waals surface area contributed by atoms with Crippen molar-refractivity contribution in [3.8, 4) is 0 Å². The lowest BCUT2D eigenvalue weighted by molar-refractivity contribution is -0.167. The minimum Gasteiger partial charge on any atom is -0.457 e. The highest BCUT2D eigenvalue weighted by Gasteiger charge is 2.87. The first-order chi connectivity index (χ1) is 17.3. The Morgan fingerprint density at radius 3 is 2.62 bits per heavy atom. The number of hydrogen-bond donors (Lipinski definition) is 3. The molecule has 5 aliphatic rings. The predicted molar refractivity (Wildman–Crippen MR) is 142 cm³/mol. The summed E-state index contributed by atoms with van der Waals surface area (Å²) in [7, 11) is 0. The molecule has 4 saturated carbocycles. The second-order valence-electron chi connectivity index (χ2n) is 11.7. The van der Waals surface area contributed by atoms with E-state index in [1.165, 1.54) is 0 Å². The fourth-order valence-electron chi connectivity index (χ4n) is 8.57. The van der Waals surface area contributed by atoms with Gasteiger partial charge in [0, 0.05) is 21.9 Å². The van der Waals surface area contributed by atoms with Crippen LogP contribution in [0.15, 0.2) is 40.9 Å². The van der Waals surface area contributed by atoms with E-state index in [1.807, 2.05) is 22.6 Å². The summed E-state index contributed by atoms with van der Waals surface area (Å²) in [6, 6.07) is 6.72. The number of esters is 2. The molecule has 37 heavy (non-hydrogen) atoms. The van der Waals surface area contributed by atoms with Crippen LogP contribution < -0.4 is 0 Å².